The highest BCUT2D eigenvalue weighted by Gasteiger charge is 2.14. The Morgan fingerprint density at radius 1 is 1.32 bits per heavy atom. The zero-order valence-corrected chi connectivity index (χ0v) is 12.2. The molecule has 1 rings (SSSR count). The topological polar surface area (TPSA) is 72.5 Å². The van der Waals surface area contributed by atoms with E-state index in [4.69, 9.17) is 0 Å². The number of hydrogen-bond acceptors (Lipinski definition) is 4. The molecule has 0 unspecified atom stereocenters. The van der Waals surface area contributed by atoms with Crippen LogP contribution in [-0.4, -0.2) is 24.3 Å². The number of esters is 1. The second kappa shape index (κ2) is 7.04. The molecule has 1 aromatic carbocycles. The number of benzene rings is 1. The van der Waals surface area contributed by atoms with Crippen molar-refractivity contribution in [3.8, 4) is 0 Å². The molecule has 102 valence electrons. The van der Waals surface area contributed by atoms with E-state index in [1.54, 1.807) is 25.1 Å². The standard InChI is InChI=1S/C13H14BrNO4/c1-3-19-13(18)7-12(17)15-11-6-9(14)4-5-10(11)8(2)16/h4-6H,3,7H2,1-2H3,(H,15,17). The fourth-order valence-electron chi connectivity index (χ4n) is 1.46. The van der Waals surface area contributed by atoms with E-state index in [9.17, 15) is 14.4 Å². The highest BCUT2D eigenvalue weighted by Crippen LogP contribution is 2.22. The third-order valence-electron chi connectivity index (χ3n) is 2.25. The summed E-state index contributed by atoms with van der Waals surface area (Å²) < 4.78 is 5.40. The Bertz CT molecular complexity index is 513. The van der Waals surface area contributed by atoms with Gasteiger partial charge >= 0.3 is 5.97 Å². The molecule has 0 fully saturated rings. The van der Waals surface area contributed by atoms with Crippen molar-refractivity contribution < 1.29 is 19.1 Å². The average molecular weight is 328 g/mol. The van der Waals surface area contributed by atoms with Crippen molar-refractivity contribution in [1.29, 1.82) is 0 Å². The highest BCUT2D eigenvalue weighted by molar-refractivity contribution is 9.10. The first-order valence-corrected chi connectivity index (χ1v) is 6.49. The Kier molecular flexibility index (Phi) is 5.69. The van der Waals surface area contributed by atoms with Crippen LogP contribution >= 0.6 is 15.9 Å². The van der Waals surface area contributed by atoms with E-state index in [1.807, 2.05) is 0 Å². The minimum atomic E-state index is -0.598. The number of halogens is 1. The van der Waals surface area contributed by atoms with Crippen LogP contribution in [0.2, 0.25) is 0 Å². The fourth-order valence-corrected chi connectivity index (χ4v) is 1.83. The Balaban J connectivity index is 2.81. The zero-order valence-electron chi connectivity index (χ0n) is 10.7. The molecule has 19 heavy (non-hydrogen) atoms. The summed E-state index contributed by atoms with van der Waals surface area (Å²) in [6.45, 7) is 3.30. The van der Waals surface area contributed by atoms with Crippen LogP contribution in [-0.2, 0) is 14.3 Å². The molecule has 5 nitrogen and oxygen atoms in total. The van der Waals surface area contributed by atoms with E-state index in [0.29, 0.717) is 11.3 Å². The Morgan fingerprint density at radius 3 is 2.58 bits per heavy atom. The highest BCUT2D eigenvalue weighted by atomic mass is 79.9. The van der Waals surface area contributed by atoms with E-state index in [-0.39, 0.29) is 18.8 Å². The molecule has 0 aliphatic rings. The predicted molar refractivity (Wildman–Crippen MR) is 74.0 cm³/mol. The van der Waals surface area contributed by atoms with E-state index in [2.05, 4.69) is 26.0 Å². The van der Waals surface area contributed by atoms with Crippen LogP contribution in [0.25, 0.3) is 0 Å². The second-order valence-corrected chi connectivity index (χ2v) is 4.69. The van der Waals surface area contributed by atoms with Crippen LogP contribution in [0.5, 0.6) is 0 Å². The van der Waals surface area contributed by atoms with Crippen LogP contribution < -0.4 is 5.32 Å². The second-order valence-electron chi connectivity index (χ2n) is 3.78. The molecule has 1 aromatic rings. The molecule has 0 bridgehead atoms. The van der Waals surface area contributed by atoms with Crippen LogP contribution in [0.3, 0.4) is 0 Å². The molecule has 0 aromatic heterocycles. The van der Waals surface area contributed by atoms with Gasteiger partial charge in [0.25, 0.3) is 0 Å². The summed E-state index contributed by atoms with van der Waals surface area (Å²) in [6.07, 6.45) is -0.377. The fraction of sp³-hybridized carbons (Fsp3) is 0.308. The molecule has 0 heterocycles. The number of hydrogen-bond donors (Lipinski definition) is 1. The molecular weight excluding hydrogens is 314 g/mol. The first-order chi connectivity index (χ1) is 8.93. The quantitative estimate of drug-likeness (QED) is 0.512. The van der Waals surface area contributed by atoms with Crippen LogP contribution in [0.15, 0.2) is 22.7 Å². The Morgan fingerprint density at radius 2 is 2.00 bits per heavy atom. The van der Waals surface area contributed by atoms with Crippen molar-refractivity contribution in [2.75, 3.05) is 11.9 Å². The molecule has 0 aliphatic carbocycles. The summed E-state index contributed by atoms with van der Waals surface area (Å²) in [5.41, 5.74) is 0.761. The Labute approximate surface area is 119 Å². The number of anilines is 1. The SMILES string of the molecule is CCOC(=O)CC(=O)Nc1cc(Br)ccc1C(C)=O. The van der Waals surface area contributed by atoms with Crippen molar-refractivity contribution in [2.24, 2.45) is 0 Å². The maximum absolute atomic E-state index is 11.6. The largest absolute Gasteiger partial charge is 0.466 e. The lowest BCUT2D eigenvalue weighted by Gasteiger charge is -2.09. The predicted octanol–water partition coefficient (Wildman–Crippen LogP) is 2.54. The van der Waals surface area contributed by atoms with Gasteiger partial charge in [-0.15, -0.1) is 0 Å². The minimum Gasteiger partial charge on any atom is -0.466 e. The molecule has 1 amide bonds. The number of ether oxygens (including phenoxy) is 1. The van der Waals surface area contributed by atoms with E-state index in [1.165, 1.54) is 6.92 Å². The van der Waals surface area contributed by atoms with Gasteiger partial charge in [-0.05, 0) is 32.0 Å². The lowest BCUT2D eigenvalue weighted by atomic mass is 10.1. The first kappa shape index (κ1) is 15.4. The van der Waals surface area contributed by atoms with E-state index < -0.39 is 11.9 Å². The third kappa shape index (κ3) is 4.82. The summed E-state index contributed by atoms with van der Waals surface area (Å²) >= 11 is 3.26. The van der Waals surface area contributed by atoms with Crippen LogP contribution in [0.1, 0.15) is 30.6 Å². The molecule has 1 N–H and O–H groups in total. The molecule has 0 radical (unpaired) electrons. The number of nitrogens with one attached hydrogen (secondary N) is 1. The summed E-state index contributed by atoms with van der Waals surface area (Å²) in [7, 11) is 0. The number of carbonyl (C=O) groups is 3. The summed E-state index contributed by atoms with van der Waals surface area (Å²) in [5, 5.41) is 2.53. The summed E-state index contributed by atoms with van der Waals surface area (Å²) in [6, 6.07) is 4.92. The van der Waals surface area contributed by atoms with Gasteiger partial charge in [0.2, 0.25) is 5.91 Å². The zero-order chi connectivity index (χ0) is 14.4. The normalized spacial score (nSPS) is 9.84. The van der Waals surface area contributed by atoms with Crippen molar-refractivity contribution in [3.63, 3.8) is 0 Å². The first-order valence-electron chi connectivity index (χ1n) is 5.70. The maximum atomic E-state index is 11.6. The maximum Gasteiger partial charge on any atom is 0.315 e. The molecular formula is C13H14BrNO4. The van der Waals surface area contributed by atoms with E-state index in [0.717, 1.165) is 4.47 Å². The van der Waals surface area contributed by atoms with Crippen molar-refractivity contribution in [1.82, 2.24) is 0 Å². The minimum absolute atomic E-state index is 0.168. The van der Waals surface area contributed by atoms with Gasteiger partial charge in [-0.3, -0.25) is 14.4 Å². The third-order valence-corrected chi connectivity index (χ3v) is 2.74. The van der Waals surface area contributed by atoms with Gasteiger partial charge < -0.3 is 10.1 Å². The van der Waals surface area contributed by atoms with Gasteiger partial charge in [0, 0.05) is 10.0 Å². The van der Waals surface area contributed by atoms with E-state index >= 15 is 0 Å². The lowest BCUT2D eigenvalue weighted by Crippen LogP contribution is -2.19. The molecule has 0 atom stereocenters. The summed E-state index contributed by atoms with van der Waals surface area (Å²) in [5.74, 6) is -1.28. The van der Waals surface area contributed by atoms with Gasteiger partial charge in [-0.1, -0.05) is 15.9 Å². The monoisotopic (exact) mass is 327 g/mol. The molecule has 0 aliphatic heterocycles. The van der Waals surface area contributed by atoms with Gasteiger partial charge in [0.15, 0.2) is 5.78 Å². The number of ketones is 1. The van der Waals surface area contributed by atoms with Gasteiger partial charge in [-0.2, -0.15) is 0 Å². The van der Waals surface area contributed by atoms with Gasteiger partial charge in [0.05, 0.1) is 12.3 Å². The number of amides is 1. The van der Waals surface area contributed by atoms with Crippen LogP contribution in [0, 0.1) is 0 Å². The molecule has 0 spiro atoms. The number of carbonyl (C=O) groups excluding carboxylic acids is 3. The number of rotatable bonds is 5. The molecule has 0 saturated heterocycles. The summed E-state index contributed by atoms with van der Waals surface area (Å²) in [4.78, 5) is 34.2. The van der Waals surface area contributed by atoms with Crippen molar-refractivity contribution in [3.05, 3.63) is 28.2 Å². The average Bonchev–Trinajstić information content (AvgIpc) is 2.28. The van der Waals surface area contributed by atoms with Gasteiger partial charge in [0.1, 0.15) is 6.42 Å². The van der Waals surface area contributed by atoms with Crippen LogP contribution in [0.4, 0.5) is 5.69 Å². The van der Waals surface area contributed by atoms with Crippen molar-refractivity contribution in [2.45, 2.75) is 20.3 Å². The number of Topliss-reactive ketones (excluding diaryl/α,β-unsaturated/α-hetero) is 1. The smallest absolute Gasteiger partial charge is 0.315 e. The lowest BCUT2D eigenvalue weighted by molar-refractivity contribution is -0.145. The molecule has 0 saturated carbocycles. The Hall–Kier alpha value is -1.69. The molecule has 6 heteroatoms. The van der Waals surface area contributed by atoms with Gasteiger partial charge in [-0.25, -0.2) is 0 Å². The van der Waals surface area contributed by atoms with Crippen molar-refractivity contribution >= 4 is 39.3 Å².